The summed E-state index contributed by atoms with van der Waals surface area (Å²) in [6.45, 7) is 2.17. The van der Waals surface area contributed by atoms with E-state index in [0.29, 0.717) is 43.8 Å². The maximum atomic E-state index is 14.1. The number of carbonyl (C=O) groups is 2. The summed E-state index contributed by atoms with van der Waals surface area (Å²) in [5, 5.41) is 6.78. The minimum atomic E-state index is -3.92. The number of sulfonamides is 1. The SMILES string of the molecule is C[C@H](c1ccc(F)c(OCC2CC2)c1)C(C=CCCC1CCC(=O)NC1=O)S(N)(=O)=O. The van der Waals surface area contributed by atoms with Gasteiger partial charge in [-0.1, -0.05) is 25.1 Å². The highest BCUT2D eigenvalue weighted by molar-refractivity contribution is 7.90. The maximum absolute atomic E-state index is 14.1. The Morgan fingerprint density at radius 2 is 2.03 bits per heavy atom. The molecule has 7 nitrogen and oxygen atoms in total. The third kappa shape index (κ3) is 6.61. The van der Waals surface area contributed by atoms with Gasteiger partial charge in [0.15, 0.2) is 11.6 Å². The Labute approximate surface area is 182 Å². The summed E-state index contributed by atoms with van der Waals surface area (Å²) < 4.78 is 44.1. The molecule has 0 aromatic heterocycles. The molecule has 2 fully saturated rings. The molecule has 0 radical (unpaired) electrons. The lowest BCUT2D eigenvalue weighted by Crippen LogP contribution is -2.40. The zero-order valence-electron chi connectivity index (χ0n) is 17.6. The molecule has 0 bridgehead atoms. The van der Waals surface area contributed by atoms with E-state index < -0.39 is 27.0 Å². The van der Waals surface area contributed by atoms with Crippen LogP contribution in [0.15, 0.2) is 30.4 Å². The van der Waals surface area contributed by atoms with Crippen molar-refractivity contribution in [2.75, 3.05) is 6.61 Å². The normalized spacial score (nSPS) is 21.7. The van der Waals surface area contributed by atoms with Crippen molar-refractivity contribution >= 4 is 21.8 Å². The van der Waals surface area contributed by atoms with Crippen LogP contribution in [0.25, 0.3) is 0 Å². The van der Waals surface area contributed by atoms with Gasteiger partial charge in [-0.05, 0) is 55.7 Å². The van der Waals surface area contributed by atoms with E-state index in [2.05, 4.69) is 5.32 Å². The fourth-order valence-corrected chi connectivity index (χ4v) is 4.75. The number of amides is 2. The van der Waals surface area contributed by atoms with E-state index in [9.17, 15) is 22.4 Å². The summed E-state index contributed by atoms with van der Waals surface area (Å²) in [5.74, 6) is -1.24. The molecule has 170 valence electrons. The third-order valence-electron chi connectivity index (χ3n) is 5.89. The standard InChI is InChI=1S/C22H29FN2O5S/c1-14(17-8-10-18(23)19(12-17)30-13-15-6-7-15)20(31(24,28)29)5-3-2-4-16-9-11-21(26)25-22(16)27/h3,5,8,10,12,14-16,20H,2,4,6-7,9,11,13H2,1H3,(H2,24,28,29)(H,25,26,27)/t14-,16?,20?/m1/s1. The van der Waals surface area contributed by atoms with Crippen molar-refractivity contribution in [2.45, 2.75) is 56.6 Å². The van der Waals surface area contributed by atoms with Crippen LogP contribution in [0.4, 0.5) is 4.39 Å². The zero-order chi connectivity index (χ0) is 22.6. The molecule has 3 atom stereocenters. The molecule has 3 rings (SSSR count). The third-order valence-corrected chi connectivity index (χ3v) is 7.21. The van der Waals surface area contributed by atoms with E-state index in [1.807, 2.05) is 0 Å². The van der Waals surface area contributed by atoms with Crippen LogP contribution in [0.1, 0.15) is 56.9 Å². The predicted octanol–water partition coefficient (Wildman–Crippen LogP) is 2.76. The summed E-state index contributed by atoms with van der Waals surface area (Å²) in [5.41, 5.74) is 0.612. The fraction of sp³-hybridized carbons (Fsp3) is 0.545. The van der Waals surface area contributed by atoms with Crippen LogP contribution in [-0.4, -0.2) is 32.1 Å². The van der Waals surface area contributed by atoms with Crippen molar-refractivity contribution in [1.29, 1.82) is 0 Å². The van der Waals surface area contributed by atoms with Crippen molar-refractivity contribution in [3.8, 4) is 5.75 Å². The van der Waals surface area contributed by atoms with Gasteiger partial charge in [0.2, 0.25) is 21.8 Å². The average Bonchev–Trinajstić information content (AvgIpc) is 3.52. The topological polar surface area (TPSA) is 116 Å². The Balaban J connectivity index is 1.65. The molecule has 2 aliphatic rings. The molecule has 3 N–H and O–H groups in total. The van der Waals surface area contributed by atoms with Crippen molar-refractivity contribution in [3.05, 3.63) is 41.7 Å². The van der Waals surface area contributed by atoms with Gasteiger partial charge in [0.1, 0.15) is 0 Å². The molecule has 2 unspecified atom stereocenters. The molecule has 1 saturated carbocycles. The van der Waals surface area contributed by atoms with Gasteiger partial charge in [-0.25, -0.2) is 17.9 Å². The highest BCUT2D eigenvalue weighted by Gasteiger charge is 2.29. The first-order chi connectivity index (χ1) is 14.6. The fourth-order valence-electron chi connectivity index (χ4n) is 3.70. The van der Waals surface area contributed by atoms with Crippen LogP contribution in [0.5, 0.6) is 5.75 Å². The van der Waals surface area contributed by atoms with E-state index in [0.717, 1.165) is 12.8 Å². The number of rotatable bonds is 10. The smallest absolute Gasteiger partial charge is 0.229 e. The largest absolute Gasteiger partial charge is 0.490 e. The van der Waals surface area contributed by atoms with E-state index in [4.69, 9.17) is 9.88 Å². The second-order valence-corrected chi connectivity index (χ2v) is 10.2. The zero-order valence-corrected chi connectivity index (χ0v) is 18.4. The van der Waals surface area contributed by atoms with E-state index in [1.165, 1.54) is 18.2 Å². The van der Waals surface area contributed by atoms with Crippen LogP contribution in [-0.2, 0) is 19.6 Å². The first-order valence-corrected chi connectivity index (χ1v) is 12.2. The number of ether oxygens (including phenoxy) is 1. The van der Waals surface area contributed by atoms with Crippen LogP contribution in [0, 0.1) is 17.7 Å². The number of nitrogens with one attached hydrogen (secondary N) is 1. The van der Waals surface area contributed by atoms with Crippen LogP contribution in [0.3, 0.4) is 0 Å². The van der Waals surface area contributed by atoms with Crippen molar-refractivity contribution < 1.29 is 27.1 Å². The number of primary sulfonamides is 1. The Hall–Kier alpha value is -2.26. The summed E-state index contributed by atoms with van der Waals surface area (Å²) in [7, 11) is -3.92. The average molecular weight is 453 g/mol. The molecular weight excluding hydrogens is 423 g/mol. The van der Waals surface area contributed by atoms with Gasteiger partial charge in [-0.15, -0.1) is 0 Å². The molecule has 31 heavy (non-hydrogen) atoms. The Morgan fingerprint density at radius 3 is 2.68 bits per heavy atom. The number of imide groups is 1. The van der Waals surface area contributed by atoms with Gasteiger partial charge >= 0.3 is 0 Å². The summed E-state index contributed by atoms with van der Waals surface area (Å²) in [6, 6.07) is 4.36. The van der Waals surface area contributed by atoms with Crippen molar-refractivity contribution in [1.82, 2.24) is 5.32 Å². The second-order valence-electron chi connectivity index (χ2n) is 8.44. The summed E-state index contributed by atoms with van der Waals surface area (Å²) >= 11 is 0. The number of carbonyl (C=O) groups excluding carboxylic acids is 2. The monoisotopic (exact) mass is 452 g/mol. The van der Waals surface area contributed by atoms with Crippen LogP contribution >= 0.6 is 0 Å². The number of benzene rings is 1. The first kappa shape index (κ1) is 23.4. The summed E-state index contributed by atoms with van der Waals surface area (Å²) in [6.07, 6.45) is 7.17. The van der Waals surface area contributed by atoms with Gasteiger partial charge in [-0.3, -0.25) is 14.9 Å². The van der Waals surface area contributed by atoms with Crippen molar-refractivity contribution in [3.63, 3.8) is 0 Å². The molecule has 1 aliphatic heterocycles. The Bertz CT molecular complexity index is 959. The molecule has 9 heteroatoms. The summed E-state index contributed by atoms with van der Waals surface area (Å²) in [4.78, 5) is 23.1. The number of hydrogen-bond acceptors (Lipinski definition) is 5. The van der Waals surface area contributed by atoms with Gasteiger partial charge in [0.05, 0.1) is 11.9 Å². The highest BCUT2D eigenvalue weighted by atomic mass is 32.2. The lowest BCUT2D eigenvalue weighted by atomic mass is 9.92. The maximum Gasteiger partial charge on any atom is 0.229 e. The number of nitrogens with two attached hydrogens (primary N) is 1. The van der Waals surface area contributed by atoms with Gasteiger partial charge < -0.3 is 4.74 Å². The van der Waals surface area contributed by atoms with Gasteiger partial charge in [0, 0.05) is 18.3 Å². The molecule has 1 saturated heterocycles. The lowest BCUT2D eigenvalue weighted by Gasteiger charge is -2.21. The molecule has 0 spiro atoms. The van der Waals surface area contributed by atoms with Crippen LogP contribution < -0.4 is 15.2 Å². The molecule has 2 amide bonds. The minimum Gasteiger partial charge on any atom is -0.490 e. The molecule has 1 heterocycles. The first-order valence-electron chi connectivity index (χ1n) is 10.6. The number of halogens is 1. The Morgan fingerprint density at radius 1 is 1.29 bits per heavy atom. The quantitative estimate of drug-likeness (QED) is 0.418. The minimum absolute atomic E-state index is 0.117. The number of piperidine rings is 1. The molecular formula is C22H29FN2O5S. The Kier molecular flexibility index (Phi) is 7.48. The molecule has 1 aromatic rings. The van der Waals surface area contributed by atoms with E-state index >= 15 is 0 Å². The molecule has 1 aromatic carbocycles. The van der Waals surface area contributed by atoms with Gasteiger partial charge in [-0.2, -0.15) is 0 Å². The van der Waals surface area contributed by atoms with Gasteiger partial charge in [0.25, 0.3) is 0 Å². The lowest BCUT2D eigenvalue weighted by molar-refractivity contribution is -0.136. The highest BCUT2D eigenvalue weighted by Crippen LogP contribution is 2.32. The van der Waals surface area contributed by atoms with Crippen LogP contribution in [0.2, 0.25) is 0 Å². The van der Waals surface area contributed by atoms with Crippen molar-refractivity contribution in [2.24, 2.45) is 17.0 Å². The number of hydrogen-bond donors (Lipinski definition) is 2. The number of allylic oxidation sites excluding steroid dienone is 1. The second kappa shape index (κ2) is 9.91. The molecule has 1 aliphatic carbocycles. The van der Waals surface area contributed by atoms with E-state index in [-0.39, 0.29) is 23.5 Å². The van der Waals surface area contributed by atoms with E-state index in [1.54, 1.807) is 19.1 Å². The predicted molar refractivity (Wildman–Crippen MR) is 114 cm³/mol.